The summed E-state index contributed by atoms with van der Waals surface area (Å²) in [6, 6.07) is 13.4. The number of thioether (sulfide) groups is 1. The van der Waals surface area contributed by atoms with Crippen LogP contribution >= 0.6 is 34.7 Å². The number of rotatable bonds is 8. The summed E-state index contributed by atoms with van der Waals surface area (Å²) < 4.78 is 27.0. The van der Waals surface area contributed by atoms with Crippen molar-refractivity contribution in [1.29, 1.82) is 0 Å². The third-order valence-electron chi connectivity index (χ3n) is 3.51. The van der Waals surface area contributed by atoms with E-state index in [9.17, 15) is 13.2 Å². The number of anilines is 2. The number of carbonyl (C=O) groups excluding carboxylic acids is 1. The summed E-state index contributed by atoms with van der Waals surface area (Å²) in [6.07, 6.45) is 1.85. The van der Waals surface area contributed by atoms with Crippen molar-refractivity contribution in [3.8, 4) is 0 Å². The molecule has 0 atom stereocenters. The van der Waals surface area contributed by atoms with E-state index in [1.807, 2.05) is 24.3 Å². The average molecular weight is 454 g/mol. The molecule has 0 aliphatic carbocycles. The minimum Gasteiger partial charge on any atom is -0.326 e. The van der Waals surface area contributed by atoms with Gasteiger partial charge in [0.25, 0.3) is 10.0 Å². The molecular weight excluding hydrogens is 438 g/mol. The normalized spacial score (nSPS) is 11.2. The molecule has 28 heavy (non-hydrogen) atoms. The number of nitrogens with one attached hydrogen (secondary N) is 2. The molecule has 0 aliphatic rings. The Morgan fingerprint density at radius 1 is 1.11 bits per heavy atom. The molecule has 0 fully saturated rings. The number of nitrogens with zero attached hydrogens (tertiary/aromatic N) is 1. The first kappa shape index (κ1) is 20.7. The Balaban J connectivity index is 1.50. The maximum absolute atomic E-state index is 12.3. The Morgan fingerprint density at radius 3 is 2.46 bits per heavy atom. The molecule has 3 rings (SSSR count). The molecule has 0 radical (unpaired) electrons. The Labute approximate surface area is 176 Å². The van der Waals surface area contributed by atoms with E-state index in [0.717, 1.165) is 4.90 Å². The zero-order valence-electron chi connectivity index (χ0n) is 14.5. The van der Waals surface area contributed by atoms with Crippen LogP contribution in [0.3, 0.4) is 0 Å². The number of sulfonamides is 1. The van der Waals surface area contributed by atoms with E-state index < -0.39 is 10.0 Å². The second-order valence-corrected chi connectivity index (χ2v) is 9.75. The number of halogens is 1. The van der Waals surface area contributed by atoms with Crippen LogP contribution in [0.5, 0.6) is 0 Å². The number of amides is 1. The summed E-state index contributed by atoms with van der Waals surface area (Å²) in [6.45, 7) is 0. The highest BCUT2D eigenvalue weighted by Gasteiger charge is 2.15. The van der Waals surface area contributed by atoms with Gasteiger partial charge in [-0.15, -0.1) is 23.1 Å². The lowest BCUT2D eigenvalue weighted by Gasteiger charge is -2.08. The number of aromatic nitrogens is 1. The fraction of sp³-hybridized carbons (Fsp3) is 0.111. The van der Waals surface area contributed by atoms with Crippen LogP contribution in [0.1, 0.15) is 6.42 Å². The molecule has 0 saturated carbocycles. The lowest BCUT2D eigenvalue weighted by Crippen LogP contribution is -2.14. The Morgan fingerprint density at radius 2 is 1.82 bits per heavy atom. The standard InChI is InChI=1S/C18H16ClN3O3S3/c19-13-1-5-15(6-2-13)26-11-9-17(23)21-14-3-7-16(8-4-14)28(24,25)22-18-20-10-12-27-18/h1-8,10,12H,9,11H2,(H,20,22)(H,21,23). The van der Waals surface area contributed by atoms with E-state index in [1.165, 1.54) is 29.7 Å². The van der Waals surface area contributed by atoms with E-state index >= 15 is 0 Å². The van der Waals surface area contributed by atoms with Gasteiger partial charge in [-0.3, -0.25) is 9.52 Å². The van der Waals surface area contributed by atoms with Crippen LogP contribution < -0.4 is 10.0 Å². The molecule has 2 N–H and O–H groups in total. The maximum atomic E-state index is 12.3. The molecule has 0 bridgehead atoms. The monoisotopic (exact) mass is 453 g/mol. The molecule has 1 amide bonds. The highest BCUT2D eigenvalue weighted by Crippen LogP contribution is 2.22. The fourth-order valence-electron chi connectivity index (χ4n) is 2.18. The number of thiazole rings is 1. The molecule has 0 unspecified atom stereocenters. The number of benzene rings is 2. The van der Waals surface area contributed by atoms with Crippen molar-refractivity contribution in [1.82, 2.24) is 4.98 Å². The van der Waals surface area contributed by atoms with Crippen molar-refractivity contribution in [3.05, 3.63) is 65.1 Å². The quantitative estimate of drug-likeness (QED) is 0.482. The molecule has 10 heteroatoms. The highest BCUT2D eigenvalue weighted by molar-refractivity contribution is 7.99. The number of carbonyl (C=O) groups is 1. The van der Waals surface area contributed by atoms with Gasteiger partial charge in [0, 0.05) is 39.4 Å². The second-order valence-electron chi connectivity index (χ2n) is 5.57. The SMILES string of the molecule is O=C(CCSc1ccc(Cl)cc1)Nc1ccc(S(=O)(=O)Nc2nccs2)cc1. The molecule has 6 nitrogen and oxygen atoms in total. The first-order valence-electron chi connectivity index (χ1n) is 8.13. The van der Waals surface area contributed by atoms with Crippen molar-refractivity contribution >= 4 is 61.4 Å². The van der Waals surface area contributed by atoms with Crippen LogP contribution in [0.4, 0.5) is 10.8 Å². The summed E-state index contributed by atoms with van der Waals surface area (Å²) in [5, 5.41) is 5.42. The van der Waals surface area contributed by atoms with Crippen molar-refractivity contribution in [3.63, 3.8) is 0 Å². The molecule has 0 aliphatic heterocycles. The second kappa shape index (κ2) is 9.42. The molecule has 3 aromatic rings. The smallest absolute Gasteiger partial charge is 0.263 e. The Kier molecular flexibility index (Phi) is 6.95. The molecule has 0 spiro atoms. The summed E-state index contributed by atoms with van der Waals surface area (Å²) in [5.41, 5.74) is 0.537. The van der Waals surface area contributed by atoms with Gasteiger partial charge >= 0.3 is 0 Å². The summed E-state index contributed by atoms with van der Waals surface area (Å²) in [4.78, 5) is 17.1. The van der Waals surface area contributed by atoms with Gasteiger partial charge in [-0.2, -0.15) is 0 Å². The fourth-order valence-corrected chi connectivity index (χ4v) is 4.95. The minimum absolute atomic E-state index is 0.0963. The van der Waals surface area contributed by atoms with Crippen molar-refractivity contribution in [2.24, 2.45) is 0 Å². The summed E-state index contributed by atoms with van der Waals surface area (Å²) >= 11 is 8.60. The van der Waals surface area contributed by atoms with E-state index in [2.05, 4.69) is 15.0 Å². The van der Waals surface area contributed by atoms with Crippen LogP contribution in [0.25, 0.3) is 0 Å². The first-order valence-corrected chi connectivity index (χ1v) is 11.9. The lowest BCUT2D eigenvalue weighted by atomic mass is 10.3. The van der Waals surface area contributed by atoms with Gasteiger partial charge in [0.1, 0.15) is 0 Å². The Hall–Kier alpha value is -2.07. The summed E-state index contributed by atoms with van der Waals surface area (Å²) in [7, 11) is -3.70. The zero-order valence-corrected chi connectivity index (χ0v) is 17.7. The zero-order chi connectivity index (χ0) is 20.0. The van der Waals surface area contributed by atoms with Crippen LogP contribution in [0.2, 0.25) is 5.02 Å². The van der Waals surface area contributed by atoms with Gasteiger partial charge in [-0.1, -0.05) is 11.6 Å². The van der Waals surface area contributed by atoms with Gasteiger partial charge in [-0.05, 0) is 48.5 Å². The van der Waals surface area contributed by atoms with E-state index in [0.29, 0.717) is 28.0 Å². The van der Waals surface area contributed by atoms with Gasteiger partial charge in [0.05, 0.1) is 4.90 Å². The molecule has 1 heterocycles. The van der Waals surface area contributed by atoms with Gasteiger partial charge in [0.15, 0.2) is 5.13 Å². The molecule has 1 aromatic heterocycles. The van der Waals surface area contributed by atoms with E-state index in [-0.39, 0.29) is 10.8 Å². The van der Waals surface area contributed by atoms with E-state index in [1.54, 1.807) is 29.3 Å². The predicted octanol–water partition coefficient (Wildman–Crippen LogP) is 4.72. The van der Waals surface area contributed by atoms with Crippen molar-refractivity contribution in [2.75, 3.05) is 15.8 Å². The third-order valence-corrected chi connectivity index (χ3v) is 6.95. The lowest BCUT2D eigenvalue weighted by molar-refractivity contribution is -0.115. The van der Waals surface area contributed by atoms with Crippen LogP contribution in [-0.2, 0) is 14.8 Å². The molecule has 146 valence electrons. The predicted molar refractivity (Wildman–Crippen MR) is 115 cm³/mol. The minimum atomic E-state index is -3.70. The number of hydrogen-bond acceptors (Lipinski definition) is 6. The summed E-state index contributed by atoms with van der Waals surface area (Å²) in [5.74, 6) is 0.482. The van der Waals surface area contributed by atoms with E-state index in [4.69, 9.17) is 11.6 Å². The number of hydrogen-bond donors (Lipinski definition) is 2. The first-order chi connectivity index (χ1) is 13.4. The van der Waals surface area contributed by atoms with Gasteiger partial charge < -0.3 is 5.32 Å². The topological polar surface area (TPSA) is 88.2 Å². The van der Waals surface area contributed by atoms with Gasteiger partial charge in [-0.25, -0.2) is 13.4 Å². The maximum Gasteiger partial charge on any atom is 0.263 e. The molecular formula is C18H16ClN3O3S3. The van der Waals surface area contributed by atoms with Crippen LogP contribution in [0, 0.1) is 0 Å². The molecule has 0 saturated heterocycles. The third kappa shape index (κ3) is 5.96. The van der Waals surface area contributed by atoms with Gasteiger partial charge in [0.2, 0.25) is 5.91 Å². The molecule has 2 aromatic carbocycles. The van der Waals surface area contributed by atoms with Crippen LogP contribution in [-0.4, -0.2) is 25.1 Å². The highest BCUT2D eigenvalue weighted by atomic mass is 35.5. The Bertz CT molecular complexity index is 1020. The van der Waals surface area contributed by atoms with Crippen molar-refractivity contribution in [2.45, 2.75) is 16.2 Å². The van der Waals surface area contributed by atoms with Crippen LogP contribution in [0.15, 0.2) is 69.9 Å². The largest absolute Gasteiger partial charge is 0.326 e. The van der Waals surface area contributed by atoms with Crippen molar-refractivity contribution < 1.29 is 13.2 Å². The average Bonchev–Trinajstić information content (AvgIpc) is 3.16.